The lowest BCUT2D eigenvalue weighted by molar-refractivity contribution is -0.120. The highest BCUT2D eigenvalue weighted by molar-refractivity contribution is 7.92. The Morgan fingerprint density at radius 1 is 1.11 bits per heavy atom. The molecule has 0 aliphatic rings. The molecule has 0 heterocycles. The number of carbonyl (C=O) groups excluding carboxylic acids is 1. The average molecular weight is 394 g/mol. The van der Waals surface area contributed by atoms with Crippen LogP contribution in [0.25, 0.3) is 0 Å². The number of carbonyl (C=O) groups is 1. The number of halogens is 1. The maximum absolute atomic E-state index is 13.2. The van der Waals surface area contributed by atoms with E-state index in [2.05, 4.69) is 5.32 Å². The molecule has 0 fully saturated rings. The summed E-state index contributed by atoms with van der Waals surface area (Å²) in [6.07, 6.45) is 0. The maximum Gasteiger partial charge on any atom is 0.264 e. The van der Waals surface area contributed by atoms with Crippen molar-refractivity contribution in [2.24, 2.45) is 0 Å². The van der Waals surface area contributed by atoms with E-state index in [0.717, 1.165) is 16.4 Å². The van der Waals surface area contributed by atoms with Gasteiger partial charge in [0.15, 0.2) is 0 Å². The summed E-state index contributed by atoms with van der Waals surface area (Å²) in [4.78, 5) is 12.1. The average Bonchev–Trinajstić information content (AvgIpc) is 2.60. The number of anilines is 1. The van der Waals surface area contributed by atoms with Crippen LogP contribution in [0, 0.1) is 5.82 Å². The van der Waals surface area contributed by atoms with Gasteiger partial charge < -0.3 is 10.1 Å². The van der Waals surface area contributed by atoms with E-state index in [4.69, 9.17) is 4.74 Å². The fourth-order valence-electron chi connectivity index (χ4n) is 2.42. The number of rotatable bonds is 8. The van der Waals surface area contributed by atoms with Gasteiger partial charge in [-0.05, 0) is 69.3 Å². The van der Waals surface area contributed by atoms with E-state index >= 15 is 0 Å². The molecule has 0 aromatic heterocycles. The molecule has 2 aromatic carbocycles. The summed E-state index contributed by atoms with van der Waals surface area (Å²) >= 11 is 0. The van der Waals surface area contributed by atoms with Crippen molar-refractivity contribution >= 4 is 21.6 Å². The number of hydrogen-bond donors (Lipinski definition) is 1. The molecule has 0 atom stereocenters. The van der Waals surface area contributed by atoms with Gasteiger partial charge in [0.2, 0.25) is 5.91 Å². The summed E-state index contributed by atoms with van der Waals surface area (Å²) in [7, 11) is -4.06. The number of benzene rings is 2. The van der Waals surface area contributed by atoms with Crippen molar-refractivity contribution in [3.63, 3.8) is 0 Å². The molecule has 8 heteroatoms. The van der Waals surface area contributed by atoms with Crippen molar-refractivity contribution < 1.29 is 22.3 Å². The lowest BCUT2D eigenvalue weighted by Crippen LogP contribution is -2.42. The van der Waals surface area contributed by atoms with Gasteiger partial charge in [0, 0.05) is 6.04 Å². The second-order valence-electron chi connectivity index (χ2n) is 6.11. The van der Waals surface area contributed by atoms with Crippen LogP contribution in [-0.4, -0.2) is 33.5 Å². The summed E-state index contributed by atoms with van der Waals surface area (Å²) < 4.78 is 45.7. The summed E-state index contributed by atoms with van der Waals surface area (Å²) in [6, 6.07) is 10.7. The van der Waals surface area contributed by atoms with Crippen LogP contribution >= 0.6 is 0 Å². The predicted octanol–water partition coefficient (Wildman–Crippen LogP) is 2.94. The number of hydrogen-bond acceptors (Lipinski definition) is 4. The van der Waals surface area contributed by atoms with Gasteiger partial charge in [0.1, 0.15) is 18.1 Å². The molecule has 2 aromatic rings. The number of nitrogens with zero attached hydrogens (tertiary/aromatic N) is 1. The molecule has 0 saturated carbocycles. The number of sulfonamides is 1. The zero-order chi connectivity index (χ0) is 20.0. The van der Waals surface area contributed by atoms with Crippen molar-refractivity contribution in [2.75, 3.05) is 17.5 Å². The van der Waals surface area contributed by atoms with Crippen molar-refractivity contribution in [3.8, 4) is 5.75 Å². The van der Waals surface area contributed by atoms with E-state index in [1.165, 1.54) is 12.1 Å². The minimum atomic E-state index is -4.06. The summed E-state index contributed by atoms with van der Waals surface area (Å²) in [5.41, 5.74) is 0.307. The van der Waals surface area contributed by atoms with Gasteiger partial charge in [-0.1, -0.05) is 0 Å². The molecule has 1 N–H and O–H groups in total. The Hall–Kier alpha value is -2.61. The van der Waals surface area contributed by atoms with Crippen LogP contribution in [0.4, 0.5) is 10.1 Å². The second-order valence-corrected chi connectivity index (χ2v) is 7.98. The van der Waals surface area contributed by atoms with Crippen molar-refractivity contribution in [3.05, 3.63) is 54.3 Å². The molecular weight excluding hydrogens is 371 g/mol. The highest BCUT2D eigenvalue weighted by atomic mass is 32.2. The standard InChI is InChI=1S/C19H23FN2O4S/c1-4-26-17-9-7-16(8-10-17)22(13-19(23)21-14(2)3)27(24,25)18-11-5-15(20)6-12-18/h5-12,14H,4,13H2,1-3H3,(H,21,23). The molecule has 1 amide bonds. The van der Waals surface area contributed by atoms with Crippen LogP contribution in [0.3, 0.4) is 0 Å². The van der Waals surface area contributed by atoms with Gasteiger partial charge in [-0.2, -0.15) is 0 Å². The lowest BCUT2D eigenvalue weighted by atomic mass is 10.3. The fraction of sp³-hybridized carbons (Fsp3) is 0.316. The highest BCUT2D eigenvalue weighted by Gasteiger charge is 2.27. The minimum absolute atomic E-state index is 0.102. The normalized spacial score (nSPS) is 11.3. The molecule has 0 aliphatic carbocycles. The molecule has 0 bridgehead atoms. The topological polar surface area (TPSA) is 75.7 Å². The predicted molar refractivity (Wildman–Crippen MR) is 102 cm³/mol. The lowest BCUT2D eigenvalue weighted by Gasteiger charge is -2.24. The maximum atomic E-state index is 13.2. The molecule has 6 nitrogen and oxygen atoms in total. The molecular formula is C19H23FN2O4S. The van der Waals surface area contributed by atoms with Gasteiger partial charge in [-0.25, -0.2) is 12.8 Å². The first kappa shape index (κ1) is 20.7. The monoisotopic (exact) mass is 394 g/mol. The van der Waals surface area contributed by atoms with E-state index in [1.54, 1.807) is 38.1 Å². The van der Waals surface area contributed by atoms with Crippen molar-refractivity contribution in [1.29, 1.82) is 0 Å². The van der Waals surface area contributed by atoms with E-state index in [1.807, 2.05) is 6.92 Å². The third-order valence-corrected chi connectivity index (χ3v) is 5.36. The molecule has 146 valence electrons. The van der Waals surface area contributed by atoms with E-state index < -0.39 is 28.3 Å². The van der Waals surface area contributed by atoms with Crippen LogP contribution in [0.15, 0.2) is 53.4 Å². The van der Waals surface area contributed by atoms with Crippen LogP contribution in [0.1, 0.15) is 20.8 Å². The first-order valence-corrected chi connectivity index (χ1v) is 9.98. The second kappa shape index (κ2) is 8.85. The molecule has 2 rings (SSSR count). The Balaban J connectivity index is 2.42. The third-order valence-electron chi connectivity index (χ3n) is 3.57. The number of nitrogens with one attached hydrogen (secondary N) is 1. The zero-order valence-electron chi connectivity index (χ0n) is 15.5. The Bertz CT molecular complexity index is 866. The molecule has 0 spiro atoms. The van der Waals surface area contributed by atoms with E-state index in [-0.39, 0.29) is 10.9 Å². The molecule has 0 unspecified atom stereocenters. The zero-order valence-corrected chi connectivity index (χ0v) is 16.3. The van der Waals surface area contributed by atoms with Crippen molar-refractivity contribution in [1.82, 2.24) is 5.32 Å². The Labute approximate surface area is 159 Å². The van der Waals surface area contributed by atoms with Gasteiger partial charge in [0.05, 0.1) is 17.2 Å². The minimum Gasteiger partial charge on any atom is -0.494 e. The highest BCUT2D eigenvalue weighted by Crippen LogP contribution is 2.26. The molecule has 0 radical (unpaired) electrons. The van der Waals surface area contributed by atoms with Crippen LogP contribution < -0.4 is 14.4 Å². The first-order valence-electron chi connectivity index (χ1n) is 8.54. The smallest absolute Gasteiger partial charge is 0.264 e. The summed E-state index contributed by atoms with van der Waals surface area (Å²) in [5, 5.41) is 2.68. The number of ether oxygens (including phenoxy) is 1. The number of amides is 1. The van der Waals surface area contributed by atoms with Crippen molar-refractivity contribution in [2.45, 2.75) is 31.7 Å². The van der Waals surface area contributed by atoms with Gasteiger partial charge >= 0.3 is 0 Å². The Kier molecular flexibility index (Phi) is 6.79. The van der Waals surface area contributed by atoms with Gasteiger partial charge in [0.25, 0.3) is 10.0 Å². The quantitative estimate of drug-likeness (QED) is 0.747. The van der Waals surface area contributed by atoms with Crippen LogP contribution in [0.2, 0.25) is 0 Å². The molecule has 27 heavy (non-hydrogen) atoms. The van der Waals surface area contributed by atoms with Gasteiger partial charge in [-0.15, -0.1) is 0 Å². The van der Waals surface area contributed by atoms with Gasteiger partial charge in [-0.3, -0.25) is 9.10 Å². The first-order chi connectivity index (χ1) is 12.7. The Morgan fingerprint density at radius 3 is 2.22 bits per heavy atom. The van der Waals surface area contributed by atoms with Crippen LogP contribution in [-0.2, 0) is 14.8 Å². The SMILES string of the molecule is CCOc1ccc(N(CC(=O)NC(C)C)S(=O)(=O)c2ccc(F)cc2)cc1. The Morgan fingerprint density at radius 2 is 1.70 bits per heavy atom. The van der Waals surface area contributed by atoms with E-state index in [9.17, 15) is 17.6 Å². The summed E-state index contributed by atoms with van der Waals surface area (Å²) in [6.45, 7) is 5.50. The van der Waals surface area contributed by atoms with E-state index in [0.29, 0.717) is 18.0 Å². The fourth-order valence-corrected chi connectivity index (χ4v) is 3.84. The summed E-state index contributed by atoms with van der Waals surface area (Å²) in [5.74, 6) is -0.393. The van der Waals surface area contributed by atoms with Crippen LogP contribution in [0.5, 0.6) is 5.75 Å². The molecule has 0 saturated heterocycles. The largest absolute Gasteiger partial charge is 0.494 e. The molecule has 0 aliphatic heterocycles. The third kappa shape index (κ3) is 5.43.